The first-order valence-corrected chi connectivity index (χ1v) is 9.18. The van der Waals surface area contributed by atoms with Crippen molar-refractivity contribution in [2.75, 3.05) is 0 Å². The van der Waals surface area contributed by atoms with Crippen LogP contribution in [0.3, 0.4) is 0 Å². The molecule has 1 aromatic heterocycles. The Bertz CT molecular complexity index is 837. The van der Waals surface area contributed by atoms with E-state index in [4.69, 9.17) is 11.6 Å². The molecule has 0 saturated heterocycles. The van der Waals surface area contributed by atoms with Gasteiger partial charge in [-0.1, -0.05) is 23.7 Å². The fourth-order valence-corrected chi connectivity index (χ4v) is 4.63. The first-order valence-electron chi connectivity index (χ1n) is 5.73. The Morgan fingerprint density at radius 1 is 1.13 bits per heavy atom. The minimum Gasteiger partial charge on any atom is -0.347 e. The Balaban J connectivity index is 2.76. The predicted octanol–water partition coefficient (Wildman–Crippen LogP) is 5.49. The number of nitrogens with one attached hydrogen (secondary N) is 1. The molecule has 2 aromatic rings. The molecule has 0 aliphatic rings. The molecular weight excluding hydrogens is 493 g/mol. The average Bonchev–Trinajstić information content (AvgIpc) is 2.75. The molecule has 0 unspecified atom stereocenters. The number of benzene rings is 1. The van der Waals surface area contributed by atoms with Crippen LogP contribution in [0.25, 0.3) is 11.3 Å². The van der Waals surface area contributed by atoms with Gasteiger partial charge < -0.3 is 4.98 Å². The Morgan fingerprint density at radius 3 is 2.13 bits per heavy atom. The number of aromatic nitrogens is 1. The third-order valence-electron chi connectivity index (χ3n) is 2.87. The van der Waals surface area contributed by atoms with Crippen LogP contribution in [-0.2, 0) is 9.84 Å². The second-order valence-electron chi connectivity index (χ2n) is 4.33. The normalized spacial score (nSPS) is 12.9. The quantitative estimate of drug-likeness (QED) is 0.566. The van der Waals surface area contributed by atoms with E-state index in [2.05, 4.69) is 36.8 Å². The van der Waals surface area contributed by atoms with Gasteiger partial charge >= 0.3 is 11.7 Å². The summed E-state index contributed by atoms with van der Waals surface area (Å²) in [4.78, 5) is 1.57. The number of alkyl halides is 4. The standard InChI is InChI=1S/C12H6Br2ClF4NO2S/c13-7-9(23(21,22)12(18,19)11(16)17)8(20-10(7)14)5-1-3-6(15)4-2-5/h1-4,11,20H. The summed E-state index contributed by atoms with van der Waals surface area (Å²) in [5, 5.41) is -4.90. The van der Waals surface area contributed by atoms with Crippen molar-refractivity contribution in [1.29, 1.82) is 0 Å². The van der Waals surface area contributed by atoms with E-state index in [1.807, 2.05) is 0 Å². The summed E-state index contributed by atoms with van der Waals surface area (Å²) in [6, 6.07) is 5.54. The second-order valence-corrected chi connectivity index (χ2v) is 8.31. The highest BCUT2D eigenvalue weighted by molar-refractivity contribution is 9.13. The third kappa shape index (κ3) is 3.18. The topological polar surface area (TPSA) is 49.9 Å². The number of H-pyrrole nitrogens is 1. The highest BCUT2D eigenvalue weighted by Crippen LogP contribution is 2.45. The molecule has 1 heterocycles. The lowest BCUT2D eigenvalue weighted by Gasteiger charge is -2.16. The summed E-state index contributed by atoms with van der Waals surface area (Å²) in [6.45, 7) is 0. The smallest absolute Gasteiger partial charge is 0.347 e. The van der Waals surface area contributed by atoms with Crippen LogP contribution < -0.4 is 0 Å². The fraction of sp³-hybridized carbons (Fsp3) is 0.167. The zero-order valence-electron chi connectivity index (χ0n) is 10.8. The minimum atomic E-state index is -5.66. The molecule has 1 aromatic carbocycles. The van der Waals surface area contributed by atoms with Gasteiger partial charge in [0.2, 0.25) is 0 Å². The number of hydrogen-bond donors (Lipinski definition) is 1. The lowest BCUT2D eigenvalue weighted by molar-refractivity contribution is -0.0636. The molecule has 0 atom stereocenters. The monoisotopic (exact) mass is 497 g/mol. The summed E-state index contributed by atoms with van der Waals surface area (Å²) in [5.41, 5.74) is -0.0785. The molecule has 3 nitrogen and oxygen atoms in total. The molecule has 11 heteroatoms. The van der Waals surface area contributed by atoms with Crippen molar-refractivity contribution in [2.45, 2.75) is 16.6 Å². The Labute approximate surface area is 150 Å². The molecule has 0 fully saturated rings. The molecule has 126 valence electrons. The van der Waals surface area contributed by atoms with Crippen molar-refractivity contribution in [3.8, 4) is 11.3 Å². The Hall–Kier alpha value is -0.580. The number of hydrogen-bond acceptors (Lipinski definition) is 2. The van der Waals surface area contributed by atoms with Crippen molar-refractivity contribution >= 4 is 53.3 Å². The van der Waals surface area contributed by atoms with Gasteiger partial charge in [0.25, 0.3) is 9.84 Å². The van der Waals surface area contributed by atoms with E-state index in [0.29, 0.717) is 5.02 Å². The van der Waals surface area contributed by atoms with Gasteiger partial charge in [0, 0.05) is 5.02 Å². The minimum absolute atomic E-state index is 0.0195. The van der Waals surface area contributed by atoms with Crippen molar-refractivity contribution in [3.05, 3.63) is 38.4 Å². The van der Waals surface area contributed by atoms with E-state index in [9.17, 15) is 26.0 Å². The molecule has 0 radical (unpaired) electrons. The van der Waals surface area contributed by atoms with Crippen LogP contribution in [0.5, 0.6) is 0 Å². The number of aromatic amines is 1. The maximum atomic E-state index is 13.5. The van der Waals surface area contributed by atoms with Crippen LogP contribution in [-0.4, -0.2) is 25.1 Å². The predicted molar refractivity (Wildman–Crippen MR) is 84.8 cm³/mol. The SMILES string of the molecule is O=S(=O)(c1c(-c2ccc(Cl)cc2)[nH]c(Br)c1Br)C(F)(F)C(F)F. The summed E-state index contributed by atoms with van der Waals surface area (Å²) in [5.74, 6) is 0. The van der Waals surface area contributed by atoms with Gasteiger partial charge in [-0.2, -0.15) is 8.78 Å². The third-order valence-corrected chi connectivity index (χ3v) is 7.14. The molecule has 2 rings (SSSR count). The van der Waals surface area contributed by atoms with E-state index in [1.165, 1.54) is 24.3 Å². The second kappa shape index (κ2) is 6.38. The van der Waals surface area contributed by atoms with E-state index in [0.717, 1.165) is 0 Å². The first kappa shape index (κ1) is 18.8. The number of sulfone groups is 1. The lowest BCUT2D eigenvalue weighted by atomic mass is 10.2. The number of halogens is 7. The summed E-state index contributed by atoms with van der Waals surface area (Å²) in [6.07, 6.45) is -4.37. The zero-order chi connectivity index (χ0) is 17.6. The first-order chi connectivity index (χ1) is 10.5. The highest BCUT2D eigenvalue weighted by Gasteiger charge is 2.56. The van der Waals surface area contributed by atoms with E-state index < -0.39 is 26.4 Å². The summed E-state index contributed by atoms with van der Waals surface area (Å²) >= 11 is 11.5. The molecular formula is C12H6Br2ClF4NO2S. The van der Waals surface area contributed by atoms with E-state index in [-0.39, 0.29) is 20.3 Å². The molecule has 1 N–H and O–H groups in total. The van der Waals surface area contributed by atoms with Gasteiger partial charge in [-0.15, -0.1) is 0 Å². The Kier molecular flexibility index (Phi) is 5.20. The number of rotatable bonds is 4. The van der Waals surface area contributed by atoms with Gasteiger partial charge in [-0.25, -0.2) is 17.2 Å². The van der Waals surface area contributed by atoms with Gasteiger partial charge in [0.05, 0.1) is 14.8 Å². The highest BCUT2D eigenvalue weighted by atomic mass is 79.9. The van der Waals surface area contributed by atoms with Crippen LogP contribution in [0.2, 0.25) is 5.02 Å². The van der Waals surface area contributed by atoms with Gasteiger partial charge in [0.15, 0.2) is 0 Å². The molecule has 23 heavy (non-hydrogen) atoms. The van der Waals surface area contributed by atoms with Crippen LogP contribution in [0.15, 0.2) is 38.2 Å². The maximum Gasteiger partial charge on any atom is 0.408 e. The zero-order valence-corrected chi connectivity index (χ0v) is 15.5. The van der Waals surface area contributed by atoms with Crippen LogP contribution in [0.1, 0.15) is 0 Å². The lowest BCUT2D eigenvalue weighted by Crippen LogP contribution is -2.36. The van der Waals surface area contributed by atoms with Crippen molar-refractivity contribution in [2.24, 2.45) is 0 Å². The largest absolute Gasteiger partial charge is 0.408 e. The van der Waals surface area contributed by atoms with E-state index in [1.54, 1.807) is 0 Å². The van der Waals surface area contributed by atoms with Gasteiger partial charge in [-0.05, 0) is 49.6 Å². The molecule has 0 saturated carbocycles. The van der Waals surface area contributed by atoms with Crippen molar-refractivity contribution in [1.82, 2.24) is 4.98 Å². The van der Waals surface area contributed by atoms with Crippen molar-refractivity contribution < 1.29 is 26.0 Å². The van der Waals surface area contributed by atoms with Gasteiger partial charge in [0.1, 0.15) is 4.90 Å². The molecule has 0 spiro atoms. The molecule has 0 bridgehead atoms. The molecule has 0 aliphatic heterocycles. The summed E-state index contributed by atoms with van der Waals surface area (Å²) in [7, 11) is -5.66. The van der Waals surface area contributed by atoms with Crippen molar-refractivity contribution in [3.63, 3.8) is 0 Å². The average molecular weight is 500 g/mol. The maximum absolute atomic E-state index is 13.5. The Morgan fingerprint density at radius 2 is 1.65 bits per heavy atom. The molecule has 0 amide bonds. The van der Waals surface area contributed by atoms with Crippen LogP contribution in [0, 0.1) is 0 Å². The van der Waals surface area contributed by atoms with Gasteiger partial charge in [-0.3, -0.25) is 0 Å². The fourth-order valence-electron chi connectivity index (χ4n) is 1.76. The van der Waals surface area contributed by atoms with Crippen LogP contribution in [0.4, 0.5) is 17.6 Å². The summed E-state index contributed by atoms with van der Waals surface area (Å²) < 4.78 is 76.0. The van der Waals surface area contributed by atoms with E-state index >= 15 is 0 Å². The molecule has 0 aliphatic carbocycles. The van der Waals surface area contributed by atoms with Crippen LogP contribution >= 0.6 is 43.5 Å².